The normalized spacial score (nSPS) is 26.7. The highest BCUT2D eigenvalue weighted by Crippen LogP contribution is 2.46. The second-order valence-corrected chi connectivity index (χ2v) is 7.41. The van der Waals surface area contributed by atoms with Gasteiger partial charge in [-0.25, -0.2) is 4.39 Å². The van der Waals surface area contributed by atoms with Crippen LogP contribution in [0.25, 0.3) is 0 Å². The highest BCUT2D eigenvalue weighted by Gasteiger charge is 2.44. The molecule has 0 saturated heterocycles. The first-order valence-corrected chi connectivity index (χ1v) is 7.81. The van der Waals surface area contributed by atoms with Crippen molar-refractivity contribution in [3.63, 3.8) is 0 Å². The zero-order chi connectivity index (χ0) is 15.7. The van der Waals surface area contributed by atoms with E-state index in [1.165, 1.54) is 19.6 Å². The zero-order valence-electron chi connectivity index (χ0n) is 13.6. The number of ether oxygens (including phenoxy) is 1. The van der Waals surface area contributed by atoms with Gasteiger partial charge in [0.15, 0.2) is 11.6 Å². The lowest BCUT2D eigenvalue weighted by molar-refractivity contribution is -0.0889. The summed E-state index contributed by atoms with van der Waals surface area (Å²) in [7, 11) is 1.46. The minimum absolute atomic E-state index is 0.0557. The topological polar surface area (TPSA) is 29.5 Å². The van der Waals surface area contributed by atoms with Crippen molar-refractivity contribution in [3.8, 4) is 5.75 Å². The fraction of sp³-hybridized carbons (Fsp3) is 0.667. The molecule has 2 rings (SSSR count). The molecule has 0 aliphatic heterocycles. The quantitative estimate of drug-likeness (QED) is 0.898. The number of hydrogen-bond donors (Lipinski definition) is 1. The first-order valence-electron chi connectivity index (χ1n) is 7.81. The summed E-state index contributed by atoms with van der Waals surface area (Å²) in [5.74, 6) is 0.132. The van der Waals surface area contributed by atoms with Crippen LogP contribution in [0.2, 0.25) is 0 Å². The fourth-order valence-electron chi connectivity index (χ4n) is 3.85. The molecule has 1 fully saturated rings. The number of aliphatic hydroxyl groups is 1. The molecule has 1 aromatic carbocycles. The van der Waals surface area contributed by atoms with Gasteiger partial charge in [0, 0.05) is 6.42 Å². The van der Waals surface area contributed by atoms with Crippen LogP contribution < -0.4 is 4.74 Å². The number of rotatable bonds is 3. The molecule has 1 aliphatic carbocycles. The molecule has 0 spiro atoms. The van der Waals surface area contributed by atoms with E-state index in [4.69, 9.17) is 4.74 Å². The molecule has 21 heavy (non-hydrogen) atoms. The number of halogens is 1. The highest BCUT2D eigenvalue weighted by atomic mass is 19.1. The molecule has 2 nitrogen and oxygen atoms in total. The molecule has 0 amide bonds. The summed E-state index contributed by atoms with van der Waals surface area (Å²) in [6, 6.07) is 4.99. The van der Waals surface area contributed by atoms with Crippen molar-refractivity contribution in [1.29, 1.82) is 0 Å². The largest absolute Gasteiger partial charge is 0.494 e. The smallest absolute Gasteiger partial charge is 0.165 e. The first kappa shape index (κ1) is 16.3. The fourth-order valence-corrected chi connectivity index (χ4v) is 3.85. The molecule has 0 aromatic heterocycles. The van der Waals surface area contributed by atoms with E-state index < -0.39 is 5.60 Å². The second-order valence-electron chi connectivity index (χ2n) is 7.41. The molecule has 0 heterocycles. The van der Waals surface area contributed by atoms with Gasteiger partial charge in [-0.3, -0.25) is 0 Å². The summed E-state index contributed by atoms with van der Waals surface area (Å²) in [5, 5.41) is 11.2. The Morgan fingerprint density at radius 3 is 2.62 bits per heavy atom. The SMILES string of the molecule is COc1ccc(CC2(O)CCCCC2C(C)(C)C)cc1F. The van der Waals surface area contributed by atoms with E-state index in [0.717, 1.165) is 24.8 Å². The van der Waals surface area contributed by atoms with E-state index in [-0.39, 0.29) is 22.9 Å². The molecule has 0 radical (unpaired) electrons. The van der Waals surface area contributed by atoms with Gasteiger partial charge in [0.2, 0.25) is 0 Å². The Hall–Kier alpha value is -1.09. The first-order chi connectivity index (χ1) is 9.76. The van der Waals surface area contributed by atoms with E-state index in [2.05, 4.69) is 20.8 Å². The lowest BCUT2D eigenvalue weighted by atomic mass is 9.62. The zero-order valence-corrected chi connectivity index (χ0v) is 13.6. The summed E-state index contributed by atoms with van der Waals surface area (Å²) in [5.41, 5.74) is 0.157. The minimum atomic E-state index is -0.739. The predicted molar refractivity (Wildman–Crippen MR) is 83.0 cm³/mol. The van der Waals surface area contributed by atoms with Gasteiger partial charge in [-0.05, 0) is 41.9 Å². The Morgan fingerprint density at radius 2 is 2.05 bits per heavy atom. The average molecular weight is 294 g/mol. The average Bonchev–Trinajstić information content (AvgIpc) is 2.37. The maximum absolute atomic E-state index is 13.9. The van der Waals surface area contributed by atoms with Gasteiger partial charge in [-0.1, -0.05) is 39.7 Å². The van der Waals surface area contributed by atoms with Crippen molar-refractivity contribution in [1.82, 2.24) is 0 Å². The summed E-state index contributed by atoms with van der Waals surface area (Å²) in [6.07, 6.45) is 4.56. The van der Waals surface area contributed by atoms with Crippen LogP contribution in [-0.2, 0) is 6.42 Å². The Morgan fingerprint density at radius 1 is 1.33 bits per heavy atom. The third-order valence-corrected chi connectivity index (χ3v) is 4.77. The second kappa shape index (κ2) is 5.96. The van der Waals surface area contributed by atoms with Crippen LogP contribution in [0.3, 0.4) is 0 Å². The molecule has 118 valence electrons. The van der Waals surface area contributed by atoms with E-state index in [9.17, 15) is 9.50 Å². The summed E-state index contributed by atoms with van der Waals surface area (Å²) in [4.78, 5) is 0. The van der Waals surface area contributed by atoms with Gasteiger partial charge >= 0.3 is 0 Å². The molecule has 1 aromatic rings. The van der Waals surface area contributed by atoms with Crippen molar-refractivity contribution >= 4 is 0 Å². The monoisotopic (exact) mass is 294 g/mol. The number of hydrogen-bond acceptors (Lipinski definition) is 2. The van der Waals surface area contributed by atoms with Gasteiger partial charge < -0.3 is 9.84 Å². The van der Waals surface area contributed by atoms with Crippen molar-refractivity contribution in [2.75, 3.05) is 7.11 Å². The molecule has 1 aliphatic rings. The van der Waals surface area contributed by atoms with Gasteiger partial charge in [0.05, 0.1) is 12.7 Å². The summed E-state index contributed by atoms with van der Waals surface area (Å²) >= 11 is 0. The van der Waals surface area contributed by atoms with Gasteiger partial charge in [0.25, 0.3) is 0 Å². The van der Waals surface area contributed by atoms with Crippen molar-refractivity contribution in [2.45, 2.75) is 58.5 Å². The van der Waals surface area contributed by atoms with Crippen LogP contribution in [-0.4, -0.2) is 17.8 Å². The Balaban J connectivity index is 2.24. The Kier molecular flexibility index (Phi) is 4.62. The molecule has 1 saturated carbocycles. The van der Waals surface area contributed by atoms with Crippen LogP contribution in [0.1, 0.15) is 52.0 Å². The van der Waals surface area contributed by atoms with Gasteiger partial charge in [-0.2, -0.15) is 0 Å². The minimum Gasteiger partial charge on any atom is -0.494 e. The van der Waals surface area contributed by atoms with Crippen molar-refractivity contribution < 1.29 is 14.2 Å². The Bertz CT molecular complexity index is 492. The molecule has 2 atom stereocenters. The lowest BCUT2D eigenvalue weighted by Gasteiger charge is -2.47. The standard InChI is InChI=1S/C18H27FO2/c1-17(2,3)16-7-5-6-10-18(16,20)12-13-8-9-15(21-4)14(19)11-13/h8-9,11,16,20H,5-7,10,12H2,1-4H3. The van der Waals surface area contributed by atoms with Crippen LogP contribution >= 0.6 is 0 Å². The van der Waals surface area contributed by atoms with E-state index >= 15 is 0 Å². The van der Waals surface area contributed by atoms with Crippen LogP contribution in [0.5, 0.6) is 5.75 Å². The van der Waals surface area contributed by atoms with Crippen molar-refractivity contribution in [3.05, 3.63) is 29.6 Å². The number of methoxy groups -OCH3 is 1. The maximum Gasteiger partial charge on any atom is 0.165 e. The number of benzene rings is 1. The third kappa shape index (κ3) is 3.57. The highest BCUT2D eigenvalue weighted by molar-refractivity contribution is 5.30. The van der Waals surface area contributed by atoms with Gasteiger partial charge in [0.1, 0.15) is 0 Å². The maximum atomic E-state index is 13.9. The van der Waals surface area contributed by atoms with E-state index in [1.54, 1.807) is 6.07 Å². The van der Waals surface area contributed by atoms with Crippen molar-refractivity contribution in [2.24, 2.45) is 11.3 Å². The van der Waals surface area contributed by atoms with Crippen LogP contribution in [0, 0.1) is 17.2 Å². The molecule has 2 unspecified atom stereocenters. The van der Waals surface area contributed by atoms with Crippen LogP contribution in [0.15, 0.2) is 18.2 Å². The molecule has 3 heteroatoms. The summed E-state index contributed by atoms with van der Waals surface area (Å²) in [6.45, 7) is 6.55. The third-order valence-electron chi connectivity index (χ3n) is 4.77. The predicted octanol–water partition coefficient (Wildman–Crippen LogP) is 4.34. The molecule has 0 bridgehead atoms. The Labute approximate surface area is 127 Å². The van der Waals surface area contributed by atoms with E-state index in [0.29, 0.717) is 6.42 Å². The summed E-state index contributed by atoms with van der Waals surface area (Å²) < 4.78 is 18.8. The lowest BCUT2D eigenvalue weighted by Crippen LogP contribution is -2.48. The molecule has 1 N–H and O–H groups in total. The molecular formula is C18H27FO2. The van der Waals surface area contributed by atoms with Crippen LogP contribution in [0.4, 0.5) is 4.39 Å². The molecular weight excluding hydrogens is 267 g/mol. The van der Waals surface area contributed by atoms with Gasteiger partial charge in [-0.15, -0.1) is 0 Å². The van der Waals surface area contributed by atoms with E-state index in [1.807, 2.05) is 6.07 Å².